The van der Waals surface area contributed by atoms with Crippen molar-refractivity contribution in [3.8, 4) is 11.6 Å². The molecule has 0 aliphatic heterocycles. The molecule has 7 rings (SSSR count). The average molecular weight is 500 g/mol. The second kappa shape index (κ2) is 9.36. The third kappa shape index (κ3) is 4.52. The lowest BCUT2D eigenvalue weighted by atomic mass is 9.49. The first-order chi connectivity index (χ1) is 17.9. The van der Waals surface area contributed by atoms with Gasteiger partial charge in [0, 0.05) is 17.2 Å². The summed E-state index contributed by atoms with van der Waals surface area (Å²) in [5, 5.41) is 16.4. The Morgan fingerprint density at radius 1 is 1.05 bits per heavy atom. The monoisotopic (exact) mass is 499 g/mol. The van der Waals surface area contributed by atoms with Gasteiger partial charge in [-0.3, -0.25) is 14.2 Å². The van der Waals surface area contributed by atoms with Gasteiger partial charge in [-0.25, -0.2) is 5.43 Å². The topological polar surface area (TPSA) is 92.9 Å². The van der Waals surface area contributed by atoms with Crippen molar-refractivity contribution in [2.45, 2.75) is 51.5 Å². The van der Waals surface area contributed by atoms with Gasteiger partial charge in [0.15, 0.2) is 0 Å². The number of nitrogens with zero attached hydrogens (tertiary/aromatic N) is 2. The van der Waals surface area contributed by atoms with E-state index in [0.717, 1.165) is 29.1 Å². The maximum atomic E-state index is 13.2. The van der Waals surface area contributed by atoms with Crippen LogP contribution in [0.2, 0.25) is 0 Å². The molecule has 0 saturated heterocycles. The van der Waals surface area contributed by atoms with Gasteiger partial charge in [0.1, 0.15) is 5.75 Å². The molecule has 4 aliphatic carbocycles. The third-order valence-electron chi connectivity index (χ3n) is 8.77. The number of pyridine rings is 1. The number of fused-ring (bicyclic) bond motifs is 1. The summed E-state index contributed by atoms with van der Waals surface area (Å²) in [5.41, 5.74) is 3.81. The van der Waals surface area contributed by atoms with Gasteiger partial charge < -0.3 is 9.84 Å². The number of benzene rings is 2. The minimum atomic E-state index is -0.285. The van der Waals surface area contributed by atoms with Crippen LogP contribution in [-0.4, -0.2) is 28.9 Å². The van der Waals surface area contributed by atoms with E-state index >= 15 is 0 Å². The van der Waals surface area contributed by atoms with Crippen molar-refractivity contribution in [3.63, 3.8) is 0 Å². The second-order valence-corrected chi connectivity index (χ2v) is 11.4. The summed E-state index contributed by atoms with van der Waals surface area (Å²) in [4.78, 5) is 26.2. The Morgan fingerprint density at radius 2 is 1.68 bits per heavy atom. The standard InChI is InChI=1S/C30H33N3O4/c1-37-23-8-6-19(7-9-23)18-33-28(35)25-5-3-2-4-24(25)26(29(33)36)17-31-32-27(34)16-30-13-20-10-21(14-30)12-22(11-20)15-30/h2-9,17,20-22,36H,10-16,18H2,1H3,(H,32,34)/b31-17+. The van der Waals surface area contributed by atoms with Gasteiger partial charge in [0.2, 0.25) is 11.8 Å². The first-order valence-electron chi connectivity index (χ1n) is 13.2. The van der Waals surface area contributed by atoms with Gasteiger partial charge in [-0.1, -0.05) is 30.3 Å². The molecule has 1 heterocycles. The largest absolute Gasteiger partial charge is 0.497 e. The Morgan fingerprint density at radius 3 is 2.30 bits per heavy atom. The Bertz CT molecular complexity index is 1390. The van der Waals surface area contributed by atoms with E-state index in [0.29, 0.717) is 22.8 Å². The number of rotatable bonds is 7. The lowest BCUT2D eigenvalue weighted by Gasteiger charge is -2.56. The van der Waals surface area contributed by atoms with Crippen LogP contribution in [0.3, 0.4) is 0 Å². The zero-order valence-corrected chi connectivity index (χ0v) is 21.2. The van der Waals surface area contributed by atoms with Crippen LogP contribution in [0.15, 0.2) is 58.4 Å². The van der Waals surface area contributed by atoms with Gasteiger partial charge >= 0.3 is 0 Å². The summed E-state index contributed by atoms with van der Waals surface area (Å²) in [5.74, 6) is 2.83. The van der Waals surface area contributed by atoms with Gasteiger partial charge in [-0.05, 0) is 85.5 Å². The summed E-state index contributed by atoms with van der Waals surface area (Å²) < 4.78 is 6.55. The highest BCUT2D eigenvalue weighted by Crippen LogP contribution is 2.61. The highest BCUT2D eigenvalue weighted by atomic mass is 16.5. The summed E-state index contributed by atoms with van der Waals surface area (Å²) in [6, 6.07) is 14.5. The average Bonchev–Trinajstić information content (AvgIpc) is 2.88. The first-order valence-corrected chi connectivity index (χ1v) is 13.2. The molecule has 0 spiro atoms. The number of aromatic hydroxyl groups is 1. The predicted octanol–water partition coefficient (Wildman–Crippen LogP) is 4.82. The molecule has 0 atom stereocenters. The molecule has 4 aliphatic rings. The molecule has 7 heteroatoms. The Labute approximate surface area is 216 Å². The number of methoxy groups -OCH3 is 1. The summed E-state index contributed by atoms with van der Waals surface area (Å²) >= 11 is 0. The zero-order valence-electron chi connectivity index (χ0n) is 21.2. The number of ether oxygens (including phenoxy) is 1. The fourth-order valence-electron chi connectivity index (χ4n) is 7.65. The number of carbonyl (C=O) groups is 1. The number of hydrazone groups is 1. The van der Waals surface area contributed by atoms with Crippen LogP contribution in [0, 0.1) is 23.2 Å². The Balaban J connectivity index is 1.24. The van der Waals surface area contributed by atoms with Crippen LogP contribution in [0.1, 0.15) is 56.1 Å². The molecule has 1 aromatic heterocycles. The van der Waals surface area contributed by atoms with Crippen molar-refractivity contribution >= 4 is 22.9 Å². The maximum Gasteiger partial charge on any atom is 0.261 e. The third-order valence-corrected chi connectivity index (χ3v) is 8.77. The van der Waals surface area contributed by atoms with E-state index in [1.54, 1.807) is 25.3 Å². The summed E-state index contributed by atoms with van der Waals surface area (Å²) in [6.07, 6.45) is 9.50. The summed E-state index contributed by atoms with van der Waals surface area (Å²) in [6.45, 7) is 0.193. The van der Waals surface area contributed by atoms with Crippen LogP contribution in [0.25, 0.3) is 10.8 Å². The van der Waals surface area contributed by atoms with Crippen molar-refractivity contribution in [3.05, 3.63) is 70.0 Å². The molecule has 192 valence electrons. The van der Waals surface area contributed by atoms with Crippen LogP contribution < -0.4 is 15.7 Å². The van der Waals surface area contributed by atoms with Gasteiger partial charge in [0.05, 0.1) is 25.4 Å². The minimum Gasteiger partial charge on any atom is -0.497 e. The summed E-state index contributed by atoms with van der Waals surface area (Å²) in [7, 11) is 1.60. The molecule has 3 aromatic rings. The lowest BCUT2D eigenvalue weighted by molar-refractivity contribution is -0.129. The lowest BCUT2D eigenvalue weighted by Crippen LogP contribution is -2.47. The number of hydrogen-bond donors (Lipinski definition) is 2. The van der Waals surface area contributed by atoms with Crippen molar-refractivity contribution < 1.29 is 14.6 Å². The SMILES string of the molecule is COc1ccc(Cn2c(O)c(/C=N/NC(=O)CC34CC5CC(CC(C5)C3)C4)c3ccccc3c2=O)cc1. The predicted molar refractivity (Wildman–Crippen MR) is 143 cm³/mol. The molecule has 2 N–H and O–H groups in total. The van der Waals surface area contributed by atoms with Crippen LogP contribution in [-0.2, 0) is 11.3 Å². The van der Waals surface area contributed by atoms with E-state index < -0.39 is 0 Å². The molecule has 1 amide bonds. The molecule has 37 heavy (non-hydrogen) atoms. The van der Waals surface area contributed by atoms with Crippen LogP contribution in [0.4, 0.5) is 0 Å². The highest BCUT2D eigenvalue weighted by molar-refractivity contribution is 6.01. The van der Waals surface area contributed by atoms with Gasteiger partial charge in [-0.2, -0.15) is 5.10 Å². The Kier molecular flexibility index (Phi) is 6.01. The fraction of sp³-hybridized carbons (Fsp3) is 0.433. The van der Waals surface area contributed by atoms with Crippen molar-refractivity contribution in [1.29, 1.82) is 0 Å². The smallest absolute Gasteiger partial charge is 0.261 e. The minimum absolute atomic E-state index is 0.0754. The molecule has 0 radical (unpaired) electrons. The van der Waals surface area contributed by atoms with E-state index in [1.165, 1.54) is 49.3 Å². The number of nitrogens with one attached hydrogen (secondary N) is 1. The zero-order chi connectivity index (χ0) is 25.6. The molecule has 2 aromatic carbocycles. The normalized spacial score (nSPS) is 26.1. The Hall–Kier alpha value is -3.61. The van der Waals surface area contributed by atoms with Gasteiger partial charge in [-0.15, -0.1) is 0 Å². The number of carbonyl (C=O) groups excluding carboxylic acids is 1. The van der Waals surface area contributed by atoms with Gasteiger partial charge in [0.25, 0.3) is 5.56 Å². The van der Waals surface area contributed by atoms with Crippen LogP contribution in [0.5, 0.6) is 11.6 Å². The van der Waals surface area contributed by atoms with Crippen molar-refractivity contribution in [2.75, 3.05) is 7.11 Å². The molecule has 0 unspecified atom stereocenters. The quantitative estimate of drug-likeness (QED) is 0.360. The molecular formula is C30H33N3O4. The number of hydrogen-bond acceptors (Lipinski definition) is 5. The maximum absolute atomic E-state index is 13.2. The van der Waals surface area contributed by atoms with Crippen molar-refractivity contribution in [2.24, 2.45) is 28.3 Å². The van der Waals surface area contributed by atoms with Crippen molar-refractivity contribution in [1.82, 2.24) is 9.99 Å². The molecule has 4 bridgehead atoms. The van der Waals surface area contributed by atoms with E-state index in [-0.39, 0.29) is 29.3 Å². The van der Waals surface area contributed by atoms with Crippen LogP contribution >= 0.6 is 0 Å². The van der Waals surface area contributed by atoms with E-state index in [9.17, 15) is 14.7 Å². The van der Waals surface area contributed by atoms with E-state index in [1.807, 2.05) is 30.3 Å². The molecule has 4 fully saturated rings. The molecular weight excluding hydrogens is 466 g/mol. The molecule has 4 saturated carbocycles. The molecule has 7 nitrogen and oxygen atoms in total. The highest BCUT2D eigenvalue weighted by Gasteiger charge is 2.51. The fourth-order valence-corrected chi connectivity index (χ4v) is 7.65. The second-order valence-electron chi connectivity index (χ2n) is 11.4. The van der Waals surface area contributed by atoms with E-state index in [4.69, 9.17) is 4.74 Å². The first kappa shape index (κ1) is 23.8. The number of aromatic nitrogens is 1. The number of amides is 1. The van der Waals surface area contributed by atoms with E-state index in [2.05, 4.69) is 10.5 Å².